The molecule has 0 radical (unpaired) electrons. The molecule has 5 atom stereocenters. The van der Waals surface area contributed by atoms with E-state index < -0.39 is 51.3 Å². The maximum absolute atomic E-state index is 14.6. The van der Waals surface area contributed by atoms with Gasteiger partial charge in [-0.15, -0.1) is 0 Å². The maximum Gasteiger partial charge on any atom is 0.427 e. The number of ketones is 1. The van der Waals surface area contributed by atoms with E-state index >= 15 is 0 Å². The van der Waals surface area contributed by atoms with Crippen LogP contribution in [0.3, 0.4) is 0 Å². The van der Waals surface area contributed by atoms with Crippen LogP contribution in [0.1, 0.15) is 6.23 Å². The van der Waals surface area contributed by atoms with Gasteiger partial charge in [-0.2, -0.15) is 14.7 Å². The van der Waals surface area contributed by atoms with Crippen molar-refractivity contribution in [2.24, 2.45) is 0 Å². The molecule has 1 saturated heterocycles. The Morgan fingerprint density at radius 1 is 1.32 bits per heavy atom. The molecule has 0 spiro atoms. The summed E-state index contributed by atoms with van der Waals surface area (Å²) in [6.07, 6.45) is -6.40. The van der Waals surface area contributed by atoms with Crippen LogP contribution in [0.25, 0.3) is 11.2 Å². The number of ether oxygens (including phenoxy) is 1. The van der Waals surface area contributed by atoms with Crippen molar-refractivity contribution in [1.29, 1.82) is 0 Å². The van der Waals surface area contributed by atoms with Crippen molar-refractivity contribution in [3.05, 3.63) is 12.7 Å². The van der Waals surface area contributed by atoms with Gasteiger partial charge >= 0.3 is 20.9 Å². The molecule has 0 bridgehead atoms. The third kappa shape index (κ3) is 3.52. The van der Waals surface area contributed by atoms with Gasteiger partial charge in [-0.25, -0.2) is 19.3 Å². The summed E-state index contributed by atoms with van der Waals surface area (Å²) in [5, 5.41) is 7.01. The number of halogens is 1. The van der Waals surface area contributed by atoms with Crippen LogP contribution in [0.5, 0.6) is 0 Å². The molecule has 17 heteroatoms. The number of aliphatic hydroxyl groups excluding tert-OH is 1. The van der Waals surface area contributed by atoms with Crippen LogP contribution in [0.4, 0.5) is 10.2 Å². The van der Waals surface area contributed by atoms with E-state index in [9.17, 15) is 43.3 Å². The molecular formula is C11H15FN5O9P2+. The summed E-state index contributed by atoms with van der Waals surface area (Å²) in [5.41, 5.74) is 5.67. The zero-order valence-electron chi connectivity index (χ0n) is 13.6. The van der Waals surface area contributed by atoms with Gasteiger partial charge in [0.1, 0.15) is 17.9 Å². The molecule has 1 unspecified atom stereocenters. The average Bonchev–Trinajstić information content (AvgIpc) is 3.08. The first-order valence-corrected chi connectivity index (χ1v) is 10.8. The maximum atomic E-state index is 14.6. The number of nitrogens with two attached hydrogens (primary N) is 1. The van der Waals surface area contributed by atoms with Crippen molar-refractivity contribution >= 4 is 38.3 Å². The van der Waals surface area contributed by atoms with Crippen LogP contribution in [-0.4, -0.2) is 78.7 Å². The highest BCUT2D eigenvalue weighted by Crippen LogP contribution is 2.65. The fraction of sp³-hybridized carbons (Fsp3) is 0.455. The molecule has 0 aromatic carbocycles. The minimum absolute atomic E-state index is 0.0136. The molecule has 14 nitrogen and oxygen atoms in total. The van der Waals surface area contributed by atoms with Crippen LogP contribution >= 0.6 is 15.5 Å². The summed E-state index contributed by atoms with van der Waals surface area (Å²) in [4.78, 5) is 69.9. The summed E-state index contributed by atoms with van der Waals surface area (Å²) >= 11 is 0. The fourth-order valence-corrected chi connectivity index (χ4v) is 5.42. The van der Waals surface area contributed by atoms with Gasteiger partial charge in [0, 0.05) is 0 Å². The highest BCUT2D eigenvalue weighted by Gasteiger charge is 2.64. The van der Waals surface area contributed by atoms with Gasteiger partial charge in [0.25, 0.3) is 0 Å². The minimum atomic E-state index is -5.60. The summed E-state index contributed by atoms with van der Waals surface area (Å²) in [5.74, 6) is -1.81. The molecule has 1 fully saturated rings. The number of alkyl halides is 1. The molecule has 8 N–H and O–H groups in total. The number of nitrogen functional groups attached to an aromatic ring is 1. The first-order chi connectivity index (χ1) is 12.8. The SMILES string of the molecule is Nc1ncnc2c1ncn2[C@@H]1O[C@H](C(=O)C(P(=O)(O)O)[P+](O)(O)O)[C@@H](O)[C@H]1F. The van der Waals surface area contributed by atoms with Gasteiger partial charge in [-0.05, 0) is 0 Å². The molecule has 3 heterocycles. The normalized spacial score (nSPS) is 27.2. The summed E-state index contributed by atoms with van der Waals surface area (Å²) in [6, 6.07) is 0. The number of anilines is 1. The smallest absolute Gasteiger partial charge is 0.387 e. The Hall–Kier alpha value is -1.67. The third-order valence-corrected chi connectivity index (χ3v) is 7.67. The van der Waals surface area contributed by atoms with E-state index in [4.69, 9.17) is 10.5 Å². The van der Waals surface area contributed by atoms with Crippen molar-refractivity contribution in [3.63, 3.8) is 0 Å². The lowest BCUT2D eigenvalue weighted by Crippen LogP contribution is -2.41. The van der Waals surface area contributed by atoms with E-state index in [2.05, 4.69) is 15.0 Å². The number of rotatable bonds is 5. The predicted octanol–water partition coefficient (Wildman–Crippen LogP) is -2.18. The summed E-state index contributed by atoms with van der Waals surface area (Å²) in [6.45, 7) is 0. The Labute approximate surface area is 155 Å². The number of hydrogen-bond acceptors (Lipinski definition) is 11. The molecule has 0 amide bonds. The molecule has 0 saturated carbocycles. The number of fused-ring (bicyclic) bond motifs is 1. The van der Waals surface area contributed by atoms with Crippen LogP contribution in [0.2, 0.25) is 0 Å². The average molecular weight is 442 g/mol. The first kappa shape index (κ1) is 21.0. The number of aliphatic hydroxyl groups is 1. The minimum Gasteiger partial charge on any atom is -0.387 e. The van der Waals surface area contributed by atoms with Gasteiger partial charge in [0.2, 0.25) is 5.78 Å². The second kappa shape index (κ2) is 6.99. The molecular weight excluding hydrogens is 427 g/mol. The van der Waals surface area contributed by atoms with Crippen LogP contribution < -0.4 is 5.73 Å². The molecule has 28 heavy (non-hydrogen) atoms. The lowest BCUT2D eigenvalue weighted by molar-refractivity contribution is -0.134. The molecule has 1 aliphatic rings. The summed E-state index contributed by atoms with van der Waals surface area (Å²) < 4.78 is 32.1. The van der Waals surface area contributed by atoms with Gasteiger partial charge in [0.15, 0.2) is 30.0 Å². The quantitative estimate of drug-likeness (QED) is 0.244. The highest BCUT2D eigenvalue weighted by molar-refractivity contribution is 7.76. The number of nitrogens with zero attached hydrogens (tertiary/aromatic N) is 4. The van der Waals surface area contributed by atoms with Gasteiger partial charge in [0.05, 0.1) is 6.33 Å². The van der Waals surface area contributed by atoms with Crippen molar-refractivity contribution in [2.75, 3.05) is 5.73 Å². The number of carbonyl (C=O) groups is 1. The Morgan fingerprint density at radius 3 is 2.54 bits per heavy atom. The number of imidazole rings is 1. The highest BCUT2D eigenvalue weighted by atomic mass is 31.3. The Morgan fingerprint density at radius 2 is 1.96 bits per heavy atom. The molecule has 154 valence electrons. The zero-order valence-corrected chi connectivity index (χ0v) is 15.4. The largest absolute Gasteiger partial charge is 0.427 e. The van der Waals surface area contributed by atoms with E-state index in [0.717, 1.165) is 17.2 Å². The van der Waals surface area contributed by atoms with E-state index in [-0.39, 0.29) is 17.0 Å². The zero-order chi connectivity index (χ0) is 21.0. The Bertz CT molecular complexity index is 962. The molecule has 1 aliphatic heterocycles. The molecule has 0 aliphatic carbocycles. The molecule has 2 aromatic rings. The first-order valence-electron chi connectivity index (χ1n) is 7.40. The molecule has 2 aromatic heterocycles. The predicted molar refractivity (Wildman–Crippen MR) is 89.0 cm³/mol. The van der Waals surface area contributed by atoms with E-state index in [1.54, 1.807) is 0 Å². The number of carbonyl (C=O) groups excluding carboxylic acids is 1. The fourth-order valence-electron chi connectivity index (χ4n) is 2.84. The van der Waals surface area contributed by atoms with Crippen molar-refractivity contribution in [2.45, 2.75) is 30.0 Å². The standard InChI is InChI=1S/C11H14FN5O9P2/c12-3-5(18)7(6(19)11(27(20,21)22)28(23,24)25)26-10(3)17-2-16-4-8(13)14-1-15-9(4)17/h1-3,5,7,10-11,18,20-22H,(H3-,13,14,15,23,24,25)/p+1/t3-,5+,7+,10-,11?/m1/s1. The lowest BCUT2D eigenvalue weighted by Gasteiger charge is -2.21. The number of aromatic nitrogens is 4. The van der Waals surface area contributed by atoms with Gasteiger partial charge in [-0.1, -0.05) is 0 Å². The van der Waals surface area contributed by atoms with Gasteiger partial charge in [-0.3, -0.25) is 13.9 Å². The van der Waals surface area contributed by atoms with Crippen LogP contribution in [0.15, 0.2) is 12.7 Å². The summed E-state index contributed by atoms with van der Waals surface area (Å²) in [7, 11) is -11.0. The topological polar surface area (TPSA) is 234 Å². The second-order valence-electron chi connectivity index (χ2n) is 5.95. The Kier molecular flexibility index (Phi) is 5.25. The lowest BCUT2D eigenvalue weighted by atomic mass is 10.1. The second-order valence-corrected chi connectivity index (χ2v) is 9.79. The van der Waals surface area contributed by atoms with Crippen LogP contribution in [0, 0.1) is 0 Å². The number of hydrogen-bond donors (Lipinski definition) is 7. The van der Waals surface area contributed by atoms with Crippen molar-refractivity contribution in [1.82, 2.24) is 19.5 Å². The van der Waals surface area contributed by atoms with Crippen LogP contribution in [-0.2, 0) is 14.1 Å². The van der Waals surface area contributed by atoms with E-state index in [1.165, 1.54) is 0 Å². The third-order valence-electron chi connectivity index (χ3n) is 4.04. The Balaban J connectivity index is 1.97. The van der Waals surface area contributed by atoms with Gasteiger partial charge < -0.3 is 25.4 Å². The molecule has 3 rings (SSSR count). The monoisotopic (exact) mass is 442 g/mol. The number of Topliss-reactive ketones (excluding diaryl/α,β-unsaturated/α-hetero) is 1. The van der Waals surface area contributed by atoms with Crippen molar-refractivity contribution < 1.29 is 48.1 Å². The van der Waals surface area contributed by atoms with Crippen molar-refractivity contribution in [3.8, 4) is 0 Å². The van der Waals surface area contributed by atoms with E-state index in [1.807, 2.05) is 0 Å². The van der Waals surface area contributed by atoms with E-state index in [0.29, 0.717) is 0 Å².